The van der Waals surface area contributed by atoms with Crippen LogP contribution in [0.25, 0.3) is 0 Å². The molecule has 1 N–H and O–H groups in total. The second kappa shape index (κ2) is 6.40. The zero-order valence-electron chi connectivity index (χ0n) is 13.1. The van der Waals surface area contributed by atoms with Crippen LogP contribution < -0.4 is 10.2 Å². The molecular weight excluding hydrogens is 248 g/mol. The Morgan fingerprint density at radius 1 is 1.25 bits per heavy atom. The minimum Gasteiger partial charge on any atom is -0.311 e. The molecule has 3 nitrogen and oxygen atoms in total. The van der Waals surface area contributed by atoms with Gasteiger partial charge in [-0.3, -0.25) is 4.79 Å². The highest BCUT2D eigenvalue weighted by Gasteiger charge is 2.30. The lowest BCUT2D eigenvalue weighted by Gasteiger charge is -2.34. The number of benzene rings is 1. The average Bonchev–Trinajstić information content (AvgIpc) is 2.38. The number of hydrogen-bond donors (Lipinski definition) is 1. The van der Waals surface area contributed by atoms with Gasteiger partial charge in [0.05, 0.1) is 6.04 Å². The lowest BCUT2D eigenvalue weighted by atomic mass is 9.99. The fraction of sp³-hybridized carbons (Fsp3) is 0.588. The molecule has 2 rings (SSSR count). The third-order valence-corrected chi connectivity index (χ3v) is 3.98. The Labute approximate surface area is 122 Å². The van der Waals surface area contributed by atoms with Gasteiger partial charge < -0.3 is 10.2 Å². The first-order valence-electron chi connectivity index (χ1n) is 7.67. The van der Waals surface area contributed by atoms with Crippen molar-refractivity contribution in [2.24, 2.45) is 0 Å². The van der Waals surface area contributed by atoms with Gasteiger partial charge in [0.25, 0.3) is 0 Å². The molecular formula is C17H26N2O. The molecule has 1 aromatic rings. The third-order valence-electron chi connectivity index (χ3n) is 3.98. The van der Waals surface area contributed by atoms with Crippen LogP contribution in [0.2, 0.25) is 0 Å². The van der Waals surface area contributed by atoms with Crippen LogP contribution in [0.1, 0.15) is 42.9 Å². The summed E-state index contributed by atoms with van der Waals surface area (Å²) in [6, 6.07) is 4.32. The van der Waals surface area contributed by atoms with Gasteiger partial charge in [-0.25, -0.2) is 0 Å². The number of anilines is 1. The van der Waals surface area contributed by atoms with Crippen molar-refractivity contribution in [2.75, 3.05) is 18.0 Å². The molecule has 0 aromatic heterocycles. The molecule has 1 heterocycles. The van der Waals surface area contributed by atoms with Crippen LogP contribution in [-0.4, -0.2) is 25.0 Å². The van der Waals surface area contributed by atoms with E-state index in [1.165, 1.54) is 16.7 Å². The number of hydrogen-bond acceptors (Lipinski definition) is 2. The Morgan fingerprint density at radius 3 is 2.50 bits per heavy atom. The highest BCUT2D eigenvalue weighted by molar-refractivity contribution is 5.99. The quantitative estimate of drug-likeness (QED) is 0.915. The maximum absolute atomic E-state index is 12.7. The number of rotatable bonds is 4. The second-order valence-electron chi connectivity index (χ2n) is 5.89. The number of carbonyl (C=O) groups excluding carboxylic acids is 1. The zero-order valence-corrected chi connectivity index (χ0v) is 13.1. The van der Waals surface area contributed by atoms with Crippen molar-refractivity contribution in [1.29, 1.82) is 0 Å². The van der Waals surface area contributed by atoms with Crippen molar-refractivity contribution in [1.82, 2.24) is 5.32 Å². The summed E-state index contributed by atoms with van der Waals surface area (Å²) in [6.07, 6.45) is 3.09. The van der Waals surface area contributed by atoms with Crippen LogP contribution in [0.3, 0.4) is 0 Å². The molecule has 1 amide bonds. The molecule has 1 fully saturated rings. The predicted octanol–water partition coefficient (Wildman–Crippen LogP) is 3.11. The number of carbonyl (C=O) groups is 1. The van der Waals surface area contributed by atoms with Gasteiger partial charge in [0.2, 0.25) is 5.91 Å². The summed E-state index contributed by atoms with van der Waals surface area (Å²) in [5, 5.41) is 3.38. The molecule has 0 spiro atoms. The van der Waals surface area contributed by atoms with E-state index in [4.69, 9.17) is 0 Å². The lowest BCUT2D eigenvalue weighted by molar-refractivity contribution is -0.121. The highest BCUT2D eigenvalue weighted by atomic mass is 16.2. The normalized spacial score (nSPS) is 19.5. The molecule has 1 saturated heterocycles. The first-order valence-corrected chi connectivity index (χ1v) is 7.67. The van der Waals surface area contributed by atoms with E-state index in [2.05, 4.69) is 45.1 Å². The van der Waals surface area contributed by atoms with Gasteiger partial charge in [-0.05, 0) is 57.7 Å². The monoisotopic (exact) mass is 274 g/mol. The van der Waals surface area contributed by atoms with Crippen LogP contribution in [0.15, 0.2) is 12.1 Å². The fourth-order valence-electron chi connectivity index (χ4n) is 3.20. The van der Waals surface area contributed by atoms with Crippen molar-refractivity contribution in [3.63, 3.8) is 0 Å². The summed E-state index contributed by atoms with van der Waals surface area (Å²) < 4.78 is 0. The van der Waals surface area contributed by atoms with Gasteiger partial charge in [-0.15, -0.1) is 0 Å². The molecule has 110 valence electrons. The van der Waals surface area contributed by atoms with E-state index in [1.807, 2.05) is 4.90 Å². The number of aryl methyl sites for hydroxylation is 3. The van der Waals surface area contributed by atoms with Crippen molar-refractivity contribution in [3.05, 3.63) is 28.8 Å². The molecule has 0 saturated carbocycles. The smallest absolute Gasteiger partial charge is 0.244 e. The van der Waals surface area contributed by atoms with Gasteiger partial charge in [0.1, 0.15) is 0 Å². The van der Waals surface area contributed by atoms with E-state index in [0.29, 0.717) is 0 Å². The molecule has 0 radical (unpaired) electrons. The lowest BCUT2D eigenvalue weighted by Crippen LogP contribution is -2.51. The number of piperidine rings is 1. The average molecular weight is 274 g/mol. The van der Waals surface area contributed by atoms with Crippen LogP contribution in [0.5, 0.6) is 0 Å². The van der Waals surface area contributed by atoms with Crippen molar-refractivity contribution in [3.8, 4) is 0 Å². The molecule has 20 heavy (non-hydrogen) atoms. The molecule has 1 aromatic carbocycles. The standard InChI is InChI=1S/C17H26N2O/c1-5-8-18-15-7-6-9-19(17(15)20)16-13(3)10-12(2)11-14(16)4/h10-11,15,18H,5-9H2,1-4H3. The van der Waals surface area contributed by atoms with Gasteiger partial charge in [0.15, 0.2) is 0 Å². The Morgan fingerprint density at radius 2 is 1.90 bits per heavy atom. The summed E-state index contributed by atoms with van der Waals surface area (Å²) in [5.74, 6) is 0.236. The Kier molecular flexibility index (Phi) is 4.81. The Balaban J connectivity index is 2.26. The molecule has 1 aliphatic rings. The summed E-state index contributed by atoms with van der Waals surface area (Å²) in [5.41, 5.74) is 4.77. The molecule has 0 aliphatic carbocycles. The SMILES string of the molecule is CCCNC1CCCN(c2c(C)cc(C)cc2C)C1=O. The molecule has 1 atom stereocenters. The first-order chi connectivity index (χ1) is 9.54. The largest absolute Gasteiger partial charge is 0.311 e. The number of nitrogens with zero attached hydrogens (tertiary/aromatic N) is 1. The predicted molar refractivity (Wildman–Crippen MR) is 84.3 cm³/mol. The summed E-state index contributed by atoms with van der Waals surface area (Å²) in [7, 11) is 0. The van der Waals surface area contributed by atoms with Crippen LogP contribution in [0, 0.1) is 20.8 Å². The van der Waals surface area contributed by atoms with E-state index < -0.39 is 0 Å². The van der Waals surface area contributed by atoms with E-state index in [1.54, 1.807) is 0 Å². The minimum absolute atomic E-state index is 0.0104. The van der Waals surface area contributed by atoms with E-state index in [9.17, 15) is 4.79 Å². The second-order valence-corrected chi connectivity index (χ2v) is 5.89. The zero-order chi connectivity index (χ0) is 14.7. The molecule has 1 unspecified atom stereocenters. The number of amides is 1. The maximum Gasteiger partial charge on any atom is 0.244 e. The first kappa shape index (κ1) is 15.0. The summed E-state index contributed by atoms with van der Waals surface area (Å²) in [4.78, 5) is 14.7. The Hall–Kier alpha value is -1.35. The van der Waals surface area contributed by atoms with Gasteiger partial charge in [-0.1, -0.05) is 24.6 Å². The van der Waals surface area contributed by atoms with Crippen LogP contribution in [-0.2, 0) is 4.79 Å². The molecule has 3 heteroatoms. The van der Waals surface area contributed by atoms with Gasteiger partial charge in [0, 0.05) is 12.2 Å². The highest BCUT2D eigenvalue weighted by Crippen LogP contribution is 2.29. The van der Waals surface area contributed by atoms with Crippen molar-refractivity contribution >= 4 is 11.6 Å². The molecule has 0 bridgehead atoms. The summed E-state index contributed by atoms with van der Waals surface area (Å²) in [6.45, 7) is 10.2. The van der Waals surface area contributed by atoms with Crippen molar-refractivity contribution < 1.29 is 4.79 Å². The number of nitrogens with one attached hydrogen (secondary N) is 1. The third kappa shape index (κ3) is 3.04. The van der Waals surface area contributed by atoms with E-state index in [-0.39, 0.29) is 11.9 Å². The topological polar surface area (TPSA) is 32.3 Å². The van der Waals surface area contributed by atoms with Crippen LogP contribution >= 0.6 is 0 Å². The minimum atomic E-state index is -0.0104. The Bertz CT molecular complexity index is 473. The van der Waals surface area contributed by atoms with E-state index in [0.717, 1.165) is 38.0 Å². The van der Waals surface area contributed by atoms with Crippen LogP contribution in [0.4, 0.5) is 5.69 Å². The molecule has 1 aliphatic heterocycles. The van der Waals surface area contributed by atoms with Gasteiger partial charge in [-0.2, -0.15) is 0 Å². The van der Waals surface area contributed by atoms with Crippen molar-refractivity contribution in [2.45, 2.75) is 53.0 Å². The summed E-state index contributed by atoms with van der Waals surface area (Å²) >= 11 is 0. The fourth-order valence-corrected chi connectivity index (χ4v) is 3.20. The van der Waals surface area contributed by atoms with Gasteiger partial charge >= 0.3 is 0 Å². The van der Waals surface area contributed by atoms with E-state index >= 15 is 0 Å². The maximum atomic E-state index is 12.7.